The number of hydrogen-bond donors (Lipinski definition) is 2. The summed E-state index contributed by atoms with van der Waals surface area (Å²) in [6.07, 6.45) is -4.38. The molecule has 45 heavy (non-hydrogen) atoms. The first-order chi connectivity index (χ1) is 21.1. The fourth-order valence-electron chi connectivity index (χ4n) is 5.80. The first kappa shape index (κ1) is 34.0. The van der Waals surface area contributed by atoms with E-state index in [1.807, 2.05) is 7.05 Å². The van der Waals surface area contributed by atoms with Crippen LogP contribution in [0.2, 0.25) is 10.0 Å². The number of alkyl halides is 3. The molecule has 3 fully saturated rings. The smallest absolute Gasteiger partial charge is 0.380 e. The van der Waals surface area contributed by atoms with Gasteiger partial charge in [-0.2, -0.15) is 13.2 Å². The summed E-state index contributed by atoms with van der Waals surface area (Å²) < 4.78 is 68.8. The average molecular weight is 697 g/mol. The summed E-state index contributed by atoms with van der Waals surface area (Å²) in [5, 5.41) is 13.3. The molecule has 246 valence electrons. The van der Waals surface area contributed by atoms with Crippen molar-refractivity contribution in [3.8, 4) is 0 Å². The molecule has 16 heteroatoms. The van der Waals surface area contributed by atoms with E-state index >= 15 is 0 Å². The van der Waals surface area contributed by atoms with Gasteiger partial charge in [-0.05, 0) is 55.9 Å². The third-order valence-electron chi connectivity index (χ3n) is 8.44. The van der Waals surface area contributed by atoms with Crippen LogP contribution in [-0.2, 0) is 4.93 Å². The molecule has 0 aliphatic carbocycles. The van der Waals surface area contributed by atoms with E-state index in [0.29, 0.717) is 62.9 Å². The molecule has 3 heterocycles. The first-order valence-electron chi connectivity index (χ1n) is 14.4. The van der Waals surface area contributed by atoms with Gasteiger partial charge in [-0.25, -0.2) is 8.78 Å². The van der Waals surface area contributed by atoms with Crippen LogP contribution >= 0.6 is 35.0 Å². The Bertz CT molecular complexity index is 1390. The number of nitrogens with one attached hydrogen (secondary N) is 1. The van der Waals surface area contributed by atoms with Crippen molar-refractivity contribution < 1.29 is 36.6 Å². The van der Waals surface area contributed by atoms with Gasteiger partial charge in [0.1, 0.15) is 11.6 Å². The van der Waals surface area contributed by atoms with Crippen LogP contribution in [0.1, 0.15) is 28.8 Å². The lowest BCUT2D eigenvalue weighted by Gasteiger charge is -2.47. The van der Waals surface area contributed by atoms with Crippen molar-refractivity contribution in [3.63, 3.8) is 0 Å². The molecule has 0 saturated carbocycles. The van der Waals surface area contributed by atoms with Crippen LogP contribution in [0, 0.1) is 11.6 Å². The minimum absolute atomic E-state index is 0.0694. The molecule has 0 unspecified atom stereocenters. The topological polar surface area (TPSA) is 79.4 Å². The quantitative estimate of drug-likeness (QED) is 0.306. The number of carbonyl (C=O) groups excluding carboxylic acids is 2. The van der Waals surface area contributed by atoms with E-state index in [4.69, 9.17) is 23.2 Å². The van der Waals surface area contributed by atoms with Gasteiger partial charge >= 0.3 is 6.18 Å². The van der Waals surface area contributed by atoms with Gasteiger partial charge in [0.25, 0.3) is 11.1 Å². The number of nitrogens with zero attached hydrogens (tertiary/aromatic N) is 4. The monoisotopic (exact) mass is 695 g/mol. The highest BCUT2D eigenvalue weighted by Crippen LogP contribution is 2.49. The molecule has 0 spiro atoms. The highest BCUT2D eigenvalue weighted by molar-refractivity contribution is 8.14. The van der Waals surface area contributed by atoms with Crippen LogP contribution in [0.4, 0.5) is 32.4 Å². The summed E-state index contributed by atoms with van der Waals surface area (Å²) in [5.41, 5.74) is -0.143. The van der Waals surface area contributed by atoms with Gasteiger partial charge in [0.05, 0.1) is 21.7 Å². The number of halogens is 7. The van der Waals surface area contributed by atoms with Gasteiger partial charge in [-0.1, -0.05) is 23.2 Å². The third kappa shape index (κ3) is 7.46. The Balaban J connectivity index is 1.12. The largest absolute Gasteiger partial charge is 0.431 e. The Hall–Kier alpha value is -2.36. The lowest BCUT2D eigenvalue weighted by Crippen LogP contribution is -2.60. The molecule has 0 radical (unpaired) electrons. The predicted octanol–water partition coefficient (Wildman–Crippen LogP) is 5.48. The van der Waals surface area contributed by atoms with Crippen LogP contribution in [-0.4, -0.2) is 114 Å². The second-order valence-corrected chi connectivity index (χ2v) is 13.6. The number of thioether (sulfide) groups is 1. The molecular weight excluding hydrogens is 664 g/mol. The highest BCUT2D eigenvalue weighted by atomic mass is 35.5. The number of carbonyl (C=O) groups is 2. The number of piperidine rings is 1. The molecule has 3 aliphatic heterocycles. The number of likely N-dealkylation sites (N-methyl/N-ethyl adjacent to an activating group) is 1. The number of amides is 2. The number of anilines is 1. The number of likely N-dealkylation sites (tertiary alicyclic amines) is 2. The minimum atomic E-state index is -5.37. The highest BCUT2D eigenvalue weighted by Gasteiger charge is 2.58. The van der Waals surface area contributed by atoms with Crippen LogP contribution < -0.4 is 5.32 Å². The van der Waals surface area contributed by atoms with E-state index in [0.717, 1.165) is 13.1 Å². The summed E-state index contributed by atoms with van der Waals surface area (Å²) in [6, 6.07) is 4.63. The fourth-order valence-corrected chi connectivity index (χ4v) is 7.37. The van der Waals surface area contributed by atoms with Gasteiger partial charge in [-0.3, -0.25) is 14.5 Å². The van der Waals surface area contributed by atoms with E-state index in [2.05, 4.69) is 15.1 Å². The van der Waals surface area contributed by atoms with Crippen molar-refractivity contribution in [1.29, 1.82) is 0 Å². The molecule has 8 nitrogen and oxygen atoms in total. The lowest BCUT2D eigenvalue weighted by molar-refractivity contribution is -0.224. The Morgan fingerprint density at radius 3 is 1.98 bits per heavy atom. The molecule has 2 N–H and O–H groups in total. The summed E-state index contributed by atoms with van der Waals surface area (Å²) in [4.78, 5) is 29.3. The zero-order valence-corrected chi connectivity index (χ0v) is 26.5. The van der Waals surface area contributed by atoms with Crippen molar-refractivity contribution in [2.45, 2.75) is 36.0 Å². The van der Waals surface area contributed by atoms with E-state index in [1.54, 1.807) is 17.0 Å². The average Bonchev–Trinajstić information content (AvgIpc) is 2.93. The molecular formula is C29H32Cl2F5N5O3S. The normalized spacial score (nSPS) is 20.6. The Labute approximate surface area is 271 Å². The van der Waals surface area contributed by atoms with Gasteiger partial charge in [0.2, 0.25) is 4.93 Å². The number of benzene rings is 2. The number of piperazine rings is 1. The minimum Gasteiger partial charge on any atom is -0.380 e. The van der Waals surface area contributed by atoms with E-state index in [-0.39, 0.29) is 46.7 Å². The summed E-state index contributed by atoms with van der Waals surface area (Å²) in [6.45, 7) is 4.39. The molecule has 3 saturated heterocycles. The van der Waals surface area contributed by atoms with E-state index in [9.17, 15) is 36.6 Å². The number of hydrogen-bond acceptors (Lipinski definition) is 7. The maximum Gasteiger partial charge on any atom is 0.431 e. The molecule has 1 atom stereocenters. The van der Waals surface area contributed by atoms with E-state index < -0.39 is 45.3 Å². The molecule has 2 aromatic rings. The van der Waals surface area contributed by atoms with Crippen LogP contribution in [0.15, 0.2) is 30.3 Å². The van der Waals surface area contributed by atoms with Crippen molar-refractivity contribution in [1.82, 2.24) is 19.6 Å². The second-order valence-electron chi connectivity index (χ2n) is 11.6. The molecule has 0 bridgehead atoms. The van der Waals surface area contributed by atoms with E-state index in [1.165, 1.54) is 4.90 Å². The standard InChI is InChI=1S/C29H32Cl2F5N5O3S/c1-38-6-8-39(9-7-38)26(42)25-23(30)13-20(14-24(25)31)37-21-15-41(16-21)22-2-4-40(5-3-22)27(43)45-28(44,29(34,35)36)17-10-18(32)12-19(33)11-17/h10-14,21-22,37,44H,2-9,15-16H2,1H3/t28-/m0/s1. The first-order valence-corrected chi connectivity index (χ1v) is 15.9. The Morgan fingerprint density at radius 1 is 0.889 bits per heavy atom. The zero-order valence-electron chi connectivity index (χ0n) is 24.2. The van der Waals surface area contributed by atoms with Gasteiger partial charge in [0.15, 0.2) is 0 Å². The zero-order chi connectivity index (χ0) is 32.7. The summed E-state index contributed by atoms with van der Waals surface area (Å²) >= 11 is 12.6. The molecule has 2 amide bonds. The lowest BCUT2D eigenvalue weighted by atomic mass is 9.97. The number of rotatable bonds is 6. The van der Waals surface area contributed by atoms with Crippen molar-refractivity contribution in [2.24, 2.45) is 0 Å². The van der Waals surface area contributed by atoms with Gasteiger partial charge in [0, 0.05) is 75.7 Å². The van der Waals surface area contributed by atoms with Gasteiger partial charge in [-0.15, -0.1) is 0 Å². The molecule has 2 aromatic carbocycles. The summed E-state index contributed by atoms with van der Waals surface area (Å²) in [7, 11) is 2.00. The SMILES string of the molecule is CN1CCN(C(=O)c2c(Cl)cc(NC3CN(C4CCN(C(=O)S[C@@](O)(c5cc(F)cc(F)c5)C(F)(F)F)CC4)C3)cc2Cl)CC1. The Kier molecular flexibility index (Phi) is 10.1. The second kappa shape index (κ2) is 13.4. The Morgan fingerprint density at radius 2 is 1.44 bits per heavy atom. The third-order valence-corrected chi connectivity index (χ3v) is 10.2. The molecule has 0 aromatic heterocycles. The maximum atomic E-state index is 13.9. The maximum absolute atomic E-state index is 13.9. The van der Waals surface area contributed by atoms with Crippen molar-refractivity contribution >= 4 is 51.8 Å². The fraction of sp³-hybridized carbons (Fsp3) is 0.517. The molecule has 5 rings (SSSR count). The van der Waals surface area contributed by atoms with Crippen molar-refractivity contribution in [2.75, 3.05) is 64.7 Å². The predicted molar refractivity (Wildman–Crippen MR) is 163 cm³/mol. The van der Waals surface area contributed by atoms with Crippen LogP contribution in [0.5, 0.6) is 0 Å². The number of aliphatic hydroxyl groups is 1. The van der Waals surface area contributed by atoms with Gasteiger partial charge < -0.3 is 25.1 Å². The van der Waals surface area contributed by atoms with Crippen LogP contribution in [0.25, 0.3) is 0 Å². The van der Waals surface area contributed by atoms with Crippen LogP contribution in [0.3, 0.4) is 0 Å². The van der Waals surface area contributed by atoms with Crippen molar-refractivity contribution in [3.05, 3.63) is 63.1 Å². The molecule has 3 aliphatic rings. The summed E-state index contributed by atoms with van der Waals surface area (Å²) in [5.74, 6) is -2.81.